The number of sulfonamides is 1. The Morgan fingerprint density at radius 3 is 2.39 bits per heavy atom. The molecule has 0 spiro atoms. The number of halogens is 1. The second kappa shape index (κ2) is 11.7. The molecule has 1 saturated heterocycles. The van der Waals surface area contributed by atoms with E-state index in [0.717, 1.165) is 31.5 Å². The maximum absolute atomic E-state index is 14.2. The zero-order chi connectivity index (χ0) is 27.4. The molecule has 0 saturated carbocycles. The molecular formula is C28H34FN3O5S. The average Bonchev–Trinajstić information content (AvgIpc) is 3.54. The molecule has 8 nitrogen and oxygen atoms in total. The minimum atomic E-state index is -3.82. The summed E-state index contributed by atoms with van der Waals surface area (Å²) < 4.78 is 52.6. The van der Waals surface area contributed by atoms with Crippen LogP contribution in [-0.4, -0.2) is 50.8 Å². The molecule has 2 heterocycles. The summed E-state index contributed by atoms with van der Waals surface area (Å²) in [5, 5.41) is 2.79. The number of nitrogens with zero attached hydrogens (tertiary/aromatic N) is 2. The summed E-state index contributed by atoms with van der Waals surface area (Å²) in [7, 11) is -0.825. The van der Waals surface area contributed by atoms with Crippen molar-refractivity contribution in [3.8, 4) is 5.75 Å². The van der Waals surface area contributed by atoms with Gasteiger partial charge in [0.25, 0.3) is 5.91 Å². The van der Waals surface area contributed by atoms with Crippen molar-refractivity contribution in [1.82, 2.24) is 14.5 Å². The summed E-state index contributed by atoms with van der Waals surface area (Å²) in [5.41, 5.74) is 2.97. The quantitative estimate of drug-likeness (QED) is 0.408. The first-order chi connectivity index (χ1) is 18.1. The van der Waals surface area contributed by atoms with Crippen molar-refractivity contribution in [2.75, 3.05) is 27.2 Å². The van der Waals surface area contributed by atoms with Gasteiger partial charge < -0.3 is 14.5 Å². The first-order valence-corrected chi connectivity index (χ1v) is 14.0. The molecular weight excluding hydrogens is 509 g/mol. The molecule has 0 atom stereocenters. The van der Waals surface area contributed by atoms with Gasteiger partial charge in [0, 0.05) is 20.1 Å². The number of hydrogen-bond donors (Lipinski definition) is 1. The van der Waals surface area contributed by atoms with Gasteiger partial charge in [0.2, 0.25) is 10.0 Å². The number of nitrogens with one attached hydrogen (secondary N) is 1. The molecule has 1 aliphatic heterocycles. The Bertz CT molecular complexity index is 1390. The highest BCUT2D eigenvalue weighted by atomic mass is 32.2. The van der Waals surface area contributed by atoms with Crippen molar-refractivity contribution >= 4 is 15.9 Å². The number of hydrogen-bond acceptors (Lipinski definition) is 6. The van der Waals surface area contributed by atoms with Crippen LogP contribution in [0.25, 0.3) is 0 Å². The maximum Gasteiger partial charge on any atom is 0.254 e. The average molecular weight is 544 g/mol. The van der Waals surface area contributed by atoms with E-state index >= 15 is 0 Å². The zero-order valence-electron chi connectivity index (χ0n) is 22.2. The second-order valence-electron chi connectivity index (χ2n) is 9.79. The summed E-state index contributed by atoms with van der Waals surface area (Å²) in [4.78, 5) is 15.2. The van der Waals surface area contributed by atoms with Gasteiger partial charge >= 0.3 is 0 Å². The van der Waals surface area contributed by atoms with Gasteiger partial charge in [-0.25, -0.2) is 12.8 Å². The SMILES string of the molecule is COc1cc(C)c(S(=O)(=O)N(C)Cc2cc(C(=O)NCc3cc(F)cc(CN4CCCC4)c3)co2)c(C)c1. The smallest absolute Gasteiger partial charge is 0.254 e. The highest BCUT2D eigenvalue weighted by molar-refractivity contribution is 7.89. The summed E-state index contributed by atoms with van der Waals surface area (Å²) >= 11 is 0. The van der Waals surface area contributed by atoms with E-state index in [1.165, 1.54) is 42.9 Å². The van der Waals surface area contributed by atoms with E-state index < -0.39 is 15.9 Å². The Kier molecular flexibility index (Phi) is 8.54. The molecule has 204 valence electrons. The number of rotatable bonds is 10. The molecule has 4 rings (SSSR count). The van der Waals surface area contributed by atoms with E-state index in [-0.39, 0.29) is 29.4 Å². The van der Waals surface area contributed by atoms with Gasteiger partial charge in [-0.05, 0) is 92.4 Å². The van der Waals surface area contributed by atoms with Gasteiger partial charge in [0.05, 0.1) is 24.1 Å². The van der Waals surface area contributed by atoms with E-state index in [1.54, 1.807) is 26.0 Å². The Balaban J connectivity index is 1.39. The van der Waals surface area contributed by atoms with Crippen molar-refractivity contribution in [2.24, 2.45) is 0 Å². The fourth-order valence-electron chi connectivity index (χ4n) is 4.87. The number of likely N-dealkylation sites (tertiary alicyclic amines) is 1. The maximum atomic E-state index is 14.2. The molecule has 38 heavy (non-hydrogen) atoms. The third kappa shape index (κ3) is 6.43. The molecule has 1 aliphatic rings. The van der Waals surface area contributed by atoms with Crippen LogP contribution in [-0.2, 0) is 29.7 Å². The monoisotopic (exact) mass is 543 g/mol. The molecule has 0 bridgehead atoms. The number of carbonyl (C=O) groups excluding carboxylic acids is 1. The normalized spacial score (nSPS) is 14.3. The molecule has 2 aromatic carbocycles. The Hall–Kier alpha value is -3.21. The lowest BCUT2D eigenvalue weighted by molar-refractivity contribution is 0.0950. The molecule has 0 radical (unpaired) electrons. The van der Waals surface area contributed by atoms with Crippen molar-refractivity contribution in [2.45, 2.75) is 51.2 Å². The number of methoxy groups -OCH3 is 1. The van der Waals surface area contributed by atoms with Crippen LogP contribution in [0.2, 0.25) is 0 Å². The van der Waals surface area contributed by atoms with Crippen LogP contribution in [0.1, 0.15) is 51.2 Å². The number of benzene rings is 2. The third-order valence-electron chi connectivity index (χ3n) is 6.71. The first-order valence-electron chi connectivity index (χ1n) is 12.5. The number of aryl methyl sites for hydroxylation is 2. The molecule has 0 aliphatic carbocycles. The van der Waals surface area contributed by atoms with Crippen LogP contribution in [0.3, 0.4) is 0 Å². The number of furan rings is 1. The van der Waals surface area contributed by atoms with Crippen LogP contribution in [0.4, 0.5) is 4.39 Å². The summed E-state index contributed by atoms with van der Waals surface area (Å²) in [6.07, 6.45) is 3.61. The summed E-state index contributed by atoms with van der Waals surface area (Å²) in [5.74, 6) is 0.189. The van der Waals surface area contributed by atoms with Crippen LogP contribution >= 0.6 is 0 Å². The molecule has 1 N–H and O–H groups in total. The fraction of sp³-hybridized carbons (Fsp3) is 0.393. The van der Waals surface area contributed by atoms with Gasteiger partial charge in [0.1, 0.15) is 23.6 Å². The largest absolute Gasteiger partial charge is 0.497 e. The first kappa shape index (κ1) is 27.8. The van der Waals surface area contributed by atoms with E-state index in [9.17, 15) is 17.6 Å². The Morgan fingerprint density at radius 2 is 1.74 bits per heavy atom. The number of amides is 1. The summed E-state index contributed by atoms with van der Waals surface area (Å²) in [6, 6.07) is 9.72. The van der Waals surface area contributed by atoms with Crippen molar-refractivity contribution in [3.63, 3.8) is 0 Å². The highest BCUT2D eigenvalue weighted by Gasteiger charge is 2.27. The Morgan fingerprint density at radius 1 is 1.08 bits per heavy atom. The van der Waals surface area contributed by atoms with E-state index in [4.69, 9.17) is 9.15 Å². The van der Waals surface area contributed by atoms with Crippen LogP contribution in [0.15, 0.2) is 52.0 Å². The van der Waals surface area contributed by atoms with Gasteiger partial charge in [-0.1, -0.05) is 6.07 Å². The van der Waals surface area contributed by atoms with E-state index in [0.29, 0.717) is 34.7 Å². The van der Waals surface area contributed by atoms with Crippen LogP contribution in [0.5, 0.6) is 5.75 Å². The topological polar surface area (TPSA) is 92.1 Å². The van der Waals surface area contributed by atoms with Gasteiger partial charge in [-0.15, -0.1) is 0 Å². The minimum Gasteiger partial charge on any atom is -0.497 e. The predicted molar refractivity (Wildman–Crippen MR) is 142 cm³/mol. The number of ether oxygens (including phenoxy) is 1. The predicted octanol–water partition coefficient (Wildman–Crippen LogP) is 4.39. The third-order valence-corrected chi connectivity index (χ3v) is 8.82. The van der Waals surface area contributed by atoms with Crippen LogP contribution < -0.4 is 10.1 Å². The minimum absolute atomic E-state index is 0.0513. The molecule has 1 fully saturated rings. The van der Waals surface area contributed by atoms with Crippen molar-refractivity contribution in [3.05, 3.63) is 82.1 Å². The highest BCUT2D eigenvalue weighted by Crippen LogP contribution is 2.28. The van der Waals surface area contributed by atoms with Crippen LogP contribution in [0, 0.1) is 19.7 Å². The molecule has 1 amide bonds. The standard InChI is InChI=1S/C28H34FN3O5S/c1-19-9-25(36-4)10-20(2)27(19)38(34,35)31(3)17-26-14-23(18-37-26)28(33)30-15-21-11-22(13-24(29)12-21)16-32-7-5-6-8-32/h9-14,18H,5-8,15-17H2,1-4H3,(H,30,33). The van der Waals surface area contributed by atoms with Gasteiger partial charge in [-0.3, -0.25) is 9.69 Å². The lowest BCUT2D eigenvalue weighted by Gasteiger charge is -2.19. The molecule has 3 aromatic rings. The summed E-state index contributed by atoms with van der Waals surface area (Å²) in [6.45, 7) is 6.27. The van der Waals surface area contributed by atoms with E-state index in [2.05, 4.69) is 10.2 Å². The van der Waals surface area contributed by atoms with Gasteiger partial charge in [0.15, 0.2) is 0 Å². The molecule has 10 heteroatoms. The number of carbonyl (C=O) groups is 1. The molecule has 0 unspecified atom stereocenters. The lowest BCUT2D eigenvalue weighted by atomic mass is 10.1. The Labute approximate surface area is 223 Å². The van der Waals surface area contributed by atoms with Crippen molar-refractivity contribution < 1.29 is 26.8 Å². The van der Waals surface area contributed by atoms with Crippen molar-refractivity contribution in [1.29, 1.82) is 0 Å². The molecule has 1 aromatic heterocycles. The lowest BCUT2D eigenvalue weighted by Crippen LogP contribution is -2.27. The fourth-order valence-corrected chi connectivity index (χ4v) is 6.41. The zero-order valence-corrected chi connectivity index (χ0v) is 23.0. The van der Waals surface area contributed by atoms with E-state index in [1.807, 2.05) is 6.07 Å². The second-order valence-corrected chi connectivity index (χ2v) is 11.8. The van der Waals surface area contributed by atoms with Gasteiger partial charge in [-0.2, -0.15) is 4.31 Å².